The fraction of sp³-hybridized carbons (Fsp3) is 0.625. The molecule has 0 saturated carbocycles. The van der Waals surface area contributed by atoms with E-state index in [0.717, 1.165) is 30.6 Å². The molecule has 1 atom stereocenters. The highest BCUT2D eigenvalue weighted by Crippen LogP contribution is 2.32. The van der Waals surface area contributed by atoms with Gasteiger partial charge in [0.1, 0.15) is 5.75 Å². The quantitative estimate of drug-likeness (QED) is 0.467. The van der Waals surface area contributed by atoms with Crippen LogP contribution in [-0.2, 0) is 9.05 Å². The van der Waals surface area contributed by atoms with E-state index in [9.17, 15) is 8.42 Å². The van der Waals surface area contributed by atoms with Crippen LogP contribution in [0.15, 0.2) is 23.1 Å². The molecule has 0 bridgehead atoms. The first-order valence-corrected chi connectivity index (χ1v) is 9.92. The molecule has 0 amide bonds. The molecule has 0 heterocycles. The molecule has 0 fully saturated rings. The van der Waals surface area contributed by atoms with Crippen molar-refractivity contribution in [3.63, 3.8) is 0 Å². The normalized spacial score (nSPS) is 13.1. The minimum atomic E-state index is -3.70. The van der Waals surface area contributed by atoms with Crippen LogP contribution in [-0.4, -0.2) is 15.0 Å². The summed E-state index contributed by atoms with van der Waals surface area (Å²) in [7, 11) is 1.72. The third-order valence-electron chi connectivity index (χ3n) is 3.66. The highest BCUT2D eigenvalue weighted by molar-refractivity contribution is 8.13. The van der Waals surface area contributed by atoms with Gasteiger partial charge >= 0.3 is 0 Å². The van der Waals surface area contributed by atoms with Gasteiger partial charge in [0.15, 0.2) is 0 Å². The molecule has 1 unspecified atom stereocenters. The maximum atomic E-state index is 11.5. The fourth-order valence-corrected chi connectivity index (χ4v) is 2.91. The van der Waals surface area contributed by atoms with E-state index < -0.39 is 9.05 Å². The number of hydrogen-bond donors (Lipinski definition) is 0. The van der Waals surface area contributed by atoms with E-state index in [0.29, 0.717) is 6.61 Å². The smallest absolute Gasteiger partial charge is 0.261 e. The Morgan fingerprint density at radius 2 is 1.90 bits per heavy atom. The third kappa shape index (κ3) is 5.87. The van der Waals surface area contributed by atoms with Gasteiger partial charge in [-0.1, -0.05) is 40.0 Å². The number of rotatable bonds is 9. The Bertz CT molecular complexity index is 540. The highest BCUT2D eigenvalue weighted by atomic mass is 35.7. The second kappa shape index (κ2) is 8.64. The first-order valence-electron chi connectivity index (χ1n) is 7.61. The molecule has 0 aliphatic rings. The molecule has 0 spiro atoms. The molecule has 3 nitrogen and oxygen atoms in total. The van der Waals surface area contributed by atoms with Gasteiger partial charge in [0.2, 0.25) is 0 Å². The molecule has 1 aromatic rings. The minimum absolute atomic E-state index is 0.137. The molecule has 120 valence electrons. The molecule has 0 N–H and O–H groups in total. The van der Waals surface area contributed by atoms with Gasteiger partial charge < -0.3 is 4.74 Å². The third-order valence-corrected chi connectivity index (χ3v) is 5.01. The Labute approximate surface area is 133 Å². The summed E-state index contributed by atoms with van der Waals surface area (Å²) in [4.78, 5) is 0.137. The molecule has 1 rings (SSSR count). The van der Waals surface area contributed by atoms with Crippen LogP contribution in [0, 0.1) is 0 Å². The van der Waals surface area contributed by atoms with Gasteiger partial charge in [-0.25, -0.2) is 8.42 Å². The number of unbranched alkanes of at least 4 members (excludes halogenated alkanes) is 3. The zero-order valence-electron chi connectivity index (χ0n) is 13.1. The number of hydrogen-bond acceptors (Lipinski definition) is 3. The average Bonchev–Trinajstić information content (AvgIpc) is 2.45. The van der Waals surface area contributed by atoms with Crippen LogP contribution in [0.25, 0.3) is 0 Å². The summed E-state index contributed by atoms with van der Waals surface area (Å²) in [5, 5.41) is 0. The lowest BCUT2D eigenvalue weighted by molar-refractivity contribution is 0.300. The van der Waals surface area contributed by atoms with E-state index in [2.05, 4.69) is 20.8 Å². The van der Waals surface area contributed by atoms with Crippen molar-refractivity contribution in [1.82, 2.24) is 0 Å². The zero-order chi connectivity index (χ0) is 15.9. The van der Waals surface area contributed by atoms with Crippen LogP contribution in [0.4, 0.5) is 0 Å². The van der Waals surface area contributed by atoms with Gasteiger partial charge in [0, 0.05) is 10.7 Å². The van der Waals surface area contributed by atoms with Crippen LogP contribution in [0.5, 0.6) is 5.75 Å². The lowest BCUT2D eigenvalue weighted by Gasteiger charge is -2.16. The van der Waals surface area contributed by atoms with Crippen LogP contribution in [0.2, 0.25) is 0 Å². The lowest BCUT2D eigenvalue weighted by Crippen LogP contribution is -2.04. The van der Waals surface area contributed by atoms with E-state index in [-0.39, 0.29) is 10.8 Å². The molecule has 5 heteroatoms. The van der Waals surface area contributed by atoms with Gasteiger partial charge in [-0.3, -0.25) is 0 Å². The molecular formula is C16H25ClO3S. The lowest BCUT2D eigenvalue weighted by atomic mass is 9.98. The highest BCUT2D eigenvalue weighted by Gasteiger charge is 2.16. The summed E-state index contributed by atoms with van der Waals surface area (Å²) in [5.74, 6) is 0.999. The van der Waals surface area contributed by atoms with Gasteiger partial charge in [0.05, 0.1) is 11.5 Å². The van der Waals surface area contributed by atoms with Crippen molar-refractivity contribution in [1.29, 1.82) is 0 Å². The van der Waals surface area contributed by atoms with Crippen molar-refractivity contribution in [2.24, 2.45) is 0 Å². The predicted molar refractivity (Wildman–Crippen MR) is 87.8 cm³/mol. The Hall–Kier alpha value is -0.740. The molecular weight excluding hydrogens is 308 g/mol. The Kier molecular flexibility index (Phi) is 7.53. The standard InChI is InChI=1S/C16H25ClO3S/c1-4-6-7-8-11-20-16-10-9-14(21(17,18)19)12-15(16)13(3)5-2/h9-10,12-13H,4-8,11H2,1-3H3. The zero-order valence-corrected chi connectivity index (χ0v) is 14.6. The van der Waals surface area contributed by atoms with Crippen LogP contribution in [0.1, 0.15) is 64.4 Å². The van der Waals surface area contributed by atoms with Gasteiger partial charge in [-0.2, -0.15) is 0 Å². The maximum absolute atomic E-state index is 11.5. The predicted octanol–water partition coefficient (Wildman–Crippen LogP) is 5.09. The monoisotopic (exact) mass is 332 g/mol. The van der Waals surface area contributed by atoms with Gasteiger partial charge in [-0.15, -0.1) is 0 Å². The number of halogens is 1. The van der Waals surface area contributed by atoms with Crippen molar-refractivity contribution in [3.8, 4) is 5.75 Å². The average molecular weight is 333 g/mol. The van der Waals surface area contributed by atoms with E-state index in [1.165, 1.54) is 18.9 Å². The molecule has 0 aromatic heterocycles. The van der Waals surface area contributed by atoms with Crippen molar-refractivity contribution >= 4 is 19.7 Å². The largest absolute Gasteiger partial charge is 0.493 e. The number of benzene rings is 1. The van der Waals surface area contributed by atoms with Crippen LogP contribution >= 0.6 is 10.7 Å². The minimum Gasteiger partial charge on any atom is -0.493 e. The van der Waals surface area contributed by atoms with E-state index in [1.54, 1.807) is 12.1 Å². The summed E-state index contributed by atoms with van der Waals surface area (Å²) >= 11 is 0. The first-order chi connectivity index (χ1) is 9.90. The molecule has 0 aliphatic heterocycles. The number of ether oxygens (including phenoxy) is 1. The SMILES string of the molecule is CCCCCCOc1ccc(S(=O)(=O)Cl)cc1C(C)CC. The van der Waals surface area contributed by atoms with E-state index >= 15 is 0 Å². The molecule has 0 radical (unpaired) electrons. The molecule has 0 saturated heterocycles. The molecule has 1 aromatic carbocycles. The van der Waals surface area contributed by atoms with Crippen molar-refractivity contribution in [3.05, 3.63) is 23.8 Å². The van der Waals surface area contributed by atoms with Crippen molar-refractivity contribution in [2.45, 2.75) is 63.7 Å². The Morgan fingerprint density at radius 3 is 2.48 bits per heavy atom. The summed E-state index contributed by atoms with van der Waals surface area (Å²) in [5.41, 5.74) is 0.912. The van der Waals surface area contributed by atoms with Crippen LogP contribution in [0.3, 0.4) is 0 Å². The Balaban J connectivity index is 2.87. The Morgan fingerprint density at radius 1 is 1.19 bits per heavy atom. The maximum Gasteiger partial charge on any atom is 0.261 e. The van der Waals surface area contributed by atoms with Crippen molar-refractivity contribution < 1.29 is 13.2 Å². The van der Waals surface area contributed by atoms with Crippen LogP contribution < -0.4 is 4.74 Å². The molecule has 0 aliphatic carbocycles. The second-order valence-electron chi connectivity index (χ2n) is 5.36. The van der Waals surface area contributed by atoms with Gasteiger partial charge in [0.25, 0.3) is 9.05 Å². The summed E-state index contributed by atoms with van der Waals surface area (Å²) < 4.78 is 28.8. The molecule has 21 heavy (non-hydrogen) atoms. The summed E-state index contributed by atoms with van der Waals surface area (Å²) in [6, 6.07) is 4.87. The second-order valence-corrected chi connectivity index (χ2v) is 7.92. The summed E-state index contributed by atoms with van der Waals surface area (Å²) in [6.07, 6.45) is 5.50. The van der Waals surface area contributed by atoms with Crippen molar-refractivity contribution in [2.75, 3.05) is 6.61 Å². The first kappa shape index (κ1) is 18.3. The topological polar surface area (TPSA) is 43.4 Å². The van der Waals surface area contributed by atoms with E-state index in [1.807, 2.05) is 0 Å². The summed E-state index contributed by atoms with van der Waals surface area (Å²) in [6.45, 7) is 6.96. The fourth-order valence-electron chi connectivity index (χ4n) is 2.13. The van der Waals surface area contributed by atoms with Gasteiger partial charge in [-0.05, 0) is 42.5 Å². The van der Waals surface area contributed by atoms with E-state index in [4.69, 9.17) is 15.4 Å².